The number of benzene rings is 1. The first-order chi connectivity index (χ1) is 13.9. The van der Waals surface area contributed by atoms with Crippen LogP contribution in [0.1, 0.15) is 40.8 Å². The van der Waals surface area contributed by atoms with E-state index in [0.717, 1.165) is 49.9 Å². The van der Waals surface area contributed by atoms with Gasteiger partial charge in [0.25, 0.3) is 0 Å². The molecular weight excluding hydrogens is 386 g/mol. The molecule has 2 amide bonds. The minimum Gasteiger partial charge on any atom is -0.381 e. The number of nitrogens with zero attached hydrogens (tertiary/aromatic N) is 3. The van der Waals surface area contributed by atoms with E-state index in [1.165, 1.54) is 34.2 Å². The first kappa shape index (κ1) is 19.0. The highest BCUT2D eigenvalue weighted by atomic mass is 32.2. The van der Waals surface area contributed by atoms with Gasteiger partial charge in [-0.2, -0.15) is 5.10 Å². The number of carbonyl (C=O) groups excluding carboxylic acids is 1. The van der Waals surface area contributed by atoms with Crippen LogP contribution in [0.4, 0.5) is 10.5 Å². The second kappa shape index (κ2) is 7.04. The summed E-state index contributed by atoms with van der Waals surface area (Å²) in [5.41, 5.74) is 6.41. The Bertz CT molecular complexity index is 948. The maximum Gasteiger partial charge on any atom is 0.329 e. The lowest BCUT2D eigenvalue weighted by molar-refractivity contribution is -0.0972. The number of amides is 2. The number of likely N-dealkylation sites (tertiary alicyclic amines) is 1. The molecule has 1 saturated heterocycles. The Morgan fingerprint density at radius 3 is 2.38 bits per heavy atom. The lowest BCUT2D eigenvalue weighted by Crippen LogP contribution is -2.58. The molecule has 7 nitrogen and oxygen atoms in total. The molecule has 1 aromatic heterocycles. The molecule has 1 fully saturated rings. The predicted molar refractivity (Wildman–Crippen MR) is 113 cm³/mol. The van der Waals surface area contributed by atoms with Gasteiger partial charge in [-0.05, 0) is 73.9 Å². The van der Waals surface area contributed by atoms with Gasteiger partial charge >= 0.3 is 6.03 Å². The van der Waals surface area contributed by atoms with Gasteiger partial charge in [0.2, 0.25) is 0 Å². The number of fused-ring (bicyclic) bond motifs is 2. The summed E-state index contributed by atoms with van der Waals surface area (Å²) in [6.45, 7) is 1.18. The summed E-state index contributed by atoms with van der Waals surface area (Å²) in [5.74, 6) is 0. The van der Waals surface area contributed by atoms with Gasteiger partial charge in [0.1, 0.15) is 10.6 Å². The third-order valence-corrected chi connectivity index (χ3v) is 7.05. The molecule has 0 spiro atoms. The molecule has 1 aromatic carbocycles. The molecule has 2 aliphatic carbocycles. The van der Waals surface area contributed by atoms with Gasteiger partial charge in [-0.15, -0.1) is 0 Å². The van der Waals surface area contributed by atoms with Crippen LogP contribution in [0.15, 0.2) is 17.2 Å². The standard InChI is InChI=1S/C21H27N5O2S/c1-25-11-21(28,12-25)17-10-18(23-26(17)2)29-24-20(27)22-19-15-7-3-5-13(15)9-14-6-4-8-16(14)19/h9-10,28H,3-8,11-12H2,1-2H3,(H2,22,24,27). The Morgan fingerprint density at radius 1 is 1.10 bits per heavy atom. The largest absolute Gasteiger partial charge is 0.381 e. The average molecular weight is 414 g/mol. The van der Waals surface area contributed by atoms with Gasteiger partial charge in [0, 0.05) is 37.8 Å². The van der Waals surface area contributed by atoms with Gasteiger partial charge in [-0.25, -0.2) is 4.79 Å². The fourth-order valence-corrected chi connectivity index (χ4v) is 5.72. The fraction of sp³-hybridized carbons (Fsp3) is 0.524. The highest BCUT2D eigenvalue weighted by Crippen LogP contribution is 2.38. The monoisotopic (exact) mass is 413 g/mol. The summed E-state index contributed by atoms with van der Waals surface area (Å²) in [4.78, 5) is 14.7. The fourth-order valence-electron chi connectivity index (χ4n) is 5.14. The number of aromatic nitrogens is 2. The van der Waals surface area contributed by atoms with Crippen molar-refractivity contribution in [3.8, 4) is 0 Å². The third-order valence-electron chi connectivity index (χ3n) is 6.36. The summed E-state index contributed by atoms with van der Waals surface area (Å²) >= 11 is 1.18. The SMILES string of the molecule is CN1CC(O)(c2cc(SNC(=O)Nc3c4c(cc5c3CCC5)CCC4)nn2C)C1. The lowest BCUT2D eigenvalue weighted by Gasteiger charge is -2.44. The predicted octanol–water partition coefficient (Wildman–Crippen LogP) is 2.36. The maximum atomic E-state index is 12.7. The molecule has 0 unspecified atom stereocenters. The third kappa shape index (κ3) is 3.33. The van der Waals surface area contributed by atoms with E-state index >= 15 is 0 Å². The summed E-state index contributed by atoms with van der Waals surface area (Å²) in [7, 11) is 3.80. The smallest absolute Gasteiger partial charge is 0.329 e. The molecule has 154 valence electrons. The zero-order chi connectivity index (χ0) is 20.2. The molecule has 2 aromatic rings. The van der Waals surface area contributed by atoms with Gasteiger partial charge in [0.15, 0.2) is 0 Å². The number of aliphatic hydroxyl groups is 1. The molecule has 2 heterocycles. The minimum atomic E-state index is -0.858. The van der Waals surface area contributed by atoms with Crippen molar-refractivity contribution >= 4 is 23.7 Å². The minimum absolute atomic E-state index is 0.223. The van der Waals surface area contributed by atoms with Crippen LogP contribution in [0.5, 0.6) is 0 Å². The van der Waals surface area contributed by atoms with E-state index in [0.29, 0.717) is 18.1 Å². The average Bonchev–Trinajstić information content (AvgIpc) is 3.37. The van der Waals surface area contributed by atoms with E-state index in [1.54, 1.807) is 4.68 Å². The van der Waals surface area contributed by atoms with Crippen LogP contribution < -0.4 is 10.0 Å². The van der Waals surface area contributed by atoms with Gasteiger partial charge in [-0.3, -0.25) is 14.3 Å². The zero-order valence-electron chi connectivity index (χ0n) is 16.9. The van der Waals surface area contributed by atoms with E-state index in [1.807, 2.05) is 20.2 Å². The van der Waals surface area contributed by atoms with Crippen LogP contribution in [0, 0.1) is 0 Å². The van der Waals surface area contributed by atoms with Crippen LogP contribution in [-0.2, 0) is 38.3 Å². The lowest BCUT2D eigenvalue weighted by atomic mass is 9.91. The first-order valence-electron chi connectivity index (χ1n) is 10.3. The highest BCUT2D eigenvalue weighted by molar-refractivity contribution is 7.97. The number of rotatable bonds is 4. The van der Waals surface area contributed by atoms with Crippen molar-refractivity contribution in [3.63, 3.8) is 0 Å². The quantitative estimate of drug-likeness (QED) is 0.671. The Kier molecular flexibility index (Phi) is 4.60. The van der Waals surface area contributed by atoms with Crippen LogP contribution in [0.2, 0.25) is 0 Å². The molecule has 1 aliphatic heterocycles. The number of hydrogen-bond donors (Lipinski definition) is 3. The topological polar surface area (TPSA) is 82.4 Å². The molecule has 29 heavy (non-hydrogen) atoms. The van der Waals surface area contributed by atoms with Crippen LogP contribution in [0.3, 0.4) is 0 Å². The molecule has 0 radical (unpaired) electrons. The summed E-state index contributed by atoms with van der Waals surface area (Å²) in [6.07, 6.45) is 6.64. The van der Waals surface area contributed by atoms with Crippen molar-refractivity contribution < 1.29 is 9.90 Å². The number of nitrogens with one attached hydrogen (secondary N) is 2. The van der Waals surface area contributed by atoms with Crippen molar-refractivity contribution in [1.82, 2.24) is 19.4 Å². The van der Waals surface area contributed by atoms with Crippen molar-refractivity contribution in [3.05, 3.63) is 40.1 Å². The van der Waals surface area contributed by atoms with Crippen molar-refractivity contribution in [2.45, 2.75) is 49.2 Å². The van der Waals surface area contributed by atoms with E-state index in [9.17, 15) is 9.90 Å². The van der Waals surface area contributed by atoms with Crippen LogP contribution in [-0.4, -0.2) is 46.0 Å². The number of urea groups is 1. The maximum absolute atomic E-state index is 12.7. The Labute approximate surface area is 175 Å². The van der Waals surface area contributed by atoms with Crippen molar-refractivity contribution in [2.24, 2.45) is 7.05 Å². The molecule has 8 heteroatoms. The van der Waals surface area contributed by atoms with E-state index in [2.05, 4.69) is 26.1 Å². The molecule has 0 bridgehead atoms. The van der Waals surface area contributed by atoms with Gasteiger partial charge in [-0.1, -0.05) is 6.07 Å². The number of likely N-dealkylation sites (N-methyl/N-ethyl adjacent to an activating group) is 1. The summed E-state index contributed by atoms with van der Waals surface area (Å²) in [5, 5.41) is 18.9. The van der Waals surface area contributed by atoms with Crippen LogP contribution in [0.25, 0.3) is 0 Å². The zero-order valence-corrected chi connectivity index (χ0v) is 17.7. The molecule has 0 atom stereocenters. The molecule has 3 aliphatic rings. The van der Waals surface area contributed by atoms with E-state index in [4.69, 9.17) is 0 Å². The number of aryl methyl sites for hydroxylation is 3. The van der Waals surface area contributed by atoms with Gasteiger partial charge < -0.3 is 10.4 Å². The molecular formula is C21H27N5O2S. The summed E-state index contributed by atoms with van der Waals surface area (Å²) < 4.78 is 4.57. The molecule has 0 saturated carbocycles. The van der Waals surface area contributed by atoms with E-state index < -0.39 is 5.60 Å². The number of hydrogen-bond acceptors (Lipinski definition) is 5. The normalized spacial score (nSPS) is 19.6. The Morgan fingerprint density at radius 2 is 1.76 bits per heavy atom. The van der Waals surface area contributed by atoms with Gasteiger partial charge in [0.05, 0.1) is 5.69 Å². The Hall–Kier alpha value is -2.03. The summed E-state index contributed by atoms with van der Waals surface area (Å²) in [6, 6.07) is 4.00. The number of anilines is 1. The molecule has 5 rings (SSSR count). The number of carbonyl (C=O) groups is 1. The second-order valence-electron chi connectivity index (χ2n) is 8.59. The number of β-amino-alcohol motifs (C(OH)–C–C–N with tert-alkyl or cyclic N) is 1. The molecule has 3 N–H and O–H groups in total. The van der Waals surface area contributed by atoms with Crippen molar-refractivity contribution in [1.29, 1.82) is 0 Å². The van der Waals surface area contributed by atoms with Crippen LogP contribution >= 0.6 is 11.9 Å². The second-order valence-corrected chi connectivity index (χ2v) is 9.41. The Balaban J connectivity index is 1.27. The van der Waals surface area contributed by atoms with E-state index in [-0.39, 0.29) is 6.03 Å². The highest BCUT2D eigenvalue weighted by Gasteiger charge is 2.43. The first-order valence-corrected chi connectivity index (χ1v) is 11.1. The van der Waals surface area contributed by atoms with Crippen molar-refractivity contribution in [2.75, 3.05) is 25.5 Å².